The molecule has 0 bridgehead atoms. The van der Waals surface area contributed by atoms with Gasteiger partial charge in [0.2, 0.25) is 0 Å². The first-order valence-electron chi connectivity index (χ1n) is 6.24. The van der Waals surface area contributed by atoms with Gasteiger partial charge in [-0.25, -0.2) is 0 Å². The second-order valence-electron chi connectivity index (χ2n) is 4.47. The molecule has 1 aliphatic carbocycles. The lowest BCUT2D eigenvalue weighted by atomic mass is 10.2. The second-order valence-corrected chi connectivity index (χ2v) is 4.47. The zero-order valence-electron chi connectivity index (χ0n) is 9.95. The molecule has 1 heterocycles. The van der Waals surface area contributed by atoms with Crippen LogP contribution in [0.2, 0.25) is 0 Å². The van der Waals surface area contributed by atoms with Crippen LogP contribution in [-0.4, -0.2) is 19.3 Å². The molecule has 90 valence electrons. The van der Waals surface area contributed by atoms with Gasteiger partial charge in [-0.3, -0.25) is 0 Å². The summed E-state index contributed by atoms with van der Waals surface area (Å²) in [6, 6.07) is 4.18. The van der Waals surface area contributed by atoms with Crippen molar-refractivity contribution >= 4 is 0 Å². The molecule has 1 aliphatic rings. The van der Waals surface area contributed by atoms with Crippen LogP contribution in [0.4, 0.5) is 0 Å². The van der Waals surface area contributed by atoms with Crippen molar-refractivity contribution in [2.24, 2.45) is 0 Å². The van der Waals surface area contributed by atoms with E-state index < -0.39 is 0 Å². The van der Waals surface area contributed by atoms with Crippen LogP contribution in [0, 0.1) is 0 Å². The van der Waals surface area contributed by atoms with Crippen molar-refractivity contribution in [3.63, 3.8) is 0 Å². The molecule has 3 heteroatoms. The summed E-state index contributed by atoms with van der Waals surface area (Å²) in [5.74, 6) is 0.987. The SMILES string of the molecule is CC(NCCOC1CCCC1)c1ccco1. The summed E-state index contributed by atoms with van der Waals surface area (Å²) in [6.45, 7) is 3.79. The van der Waals surface area contributed by atoms with Crippen LogP contribution in [0.3, 0.4) is 0 Å². The van der Waals surface area contributed by atoms with Crippen LogP contribution < -0.4 is 5.32 Å². The molecule has 2 rings (SSSR count). The summed E-state index contributed by atoms with van der Waals surface area (Å²) < 4.78 is 11.1. The molecular weight excluding hydrogens is 202 g/mol. The van der Waals surface area contributed by atoms with E-state index in [1.807, 2.05) is 12.1 Å². The molecule has 1 aromatic heterocycles. The molecule has 16 heavy (non-hydrogen) atoms. The molecule has 3 nitrogen and oxygen atoms in total. The van der Waals surface area contributed by atoms with Crippen LogP contribution in [0.1, 0.15) is 44.4 Å². The fraction of sp³-hybridized carbons (Fsp3) is 0.692. The highest BCUT2D eigenvalue weighted by Gasteiger charge is 2.15. The summed E-state index contributed by atoms with van der Waals surface area (Å²) in [5, 5.41) is 3.39. The zero-order chi connectivity index (χ0) is 11.2. The molecule has 0 aromatic carbocycles. The van der Waals surface area contributed by atoms with Gasteiger partial charge < -0.3 is 14.5 Å². The van der Waals surface area contributed by atoms with E-state index in [1.165, 1.54) is 25.7 Å². The van der Waals surface area contributed by atoms with Gasteiger partial charge in [-0.1, -0.05) is 12.8 Å². The predicted octanol–water partition coefficient (Wildman–Crippen LogP) is 2.89. The largest absolute Gasteiger partial charge is 0.468 e. The number of furan rings is 1. The maximum absolute atomic E-state index is 5.78. The Bertz CT molecular complexity index is 278. The van der Waals surface area contributed by atoms with E-state index in [0.29, 0.717) is 6.10 Å². The quantitative estimate of drug-likeness (QED) is 0.753. The van der Waals surface area contributed by atoms with E-state index in [9.17, 15) is 0 Å². The van der Waals surface area contributed by atoms with Crippen molar-refractivity contribution in [3.05, 3.63) is 24.2 Å². The molecule has 0 amide bonds. The van der Waals surface area contributed by atoms with Gasteiger partial charge in [0.15, 0.2) is 0 Å². The molecule has 1 unspecified atom stereocenters. The predicted molar refractivity (Wildman–Crippen MR) is 63.3 cm³/mol. The molecule has 0 spiro atoms. The lowest BCUT2D eigenvalue weighted by Gasteiger charge is -2.14. The number of hydrogen-bond donors (Lipinski definition) is 1. The van der Waals surface area contributed by atoms with Crippen molar-refractivity contribution < 1.29 is 9.15 Å². The number of ether oxygens (including phenoxy) is 1. The van der Waals surface area contributed by atoms with Crippen LogP contribution in [0.25, 0.3) is 0 Å². The molecule has 0 aliphatic heterocycles. The standard InChI is InChI=1S/C13H21NO2/c1-11(13-7-4-9-16-13)14-8-10-15-12-5-2-3-6-12/h4,7,9,11-12,14H,2-3,5-6,8,10H2,1H3. The summed E-state index contributed by atoms with van der Waals surface area (Å²) in [5.41, 5.74) is 0. The van der Waals surface area contributed by atoms with E-state index >= 15 is 0 Å². The minimum atomic E-state index is 0.266. The van der Waals surface area contributed by atoms with Crippen molar-refractivity contribution in [2.45, 2.75) is 44.8 Å². The van der Waals surface area contributed by atoms with E-state index in [-0.39, 0.29) is 6.04 Å². The number of rotatable bonds is 6. The third kappa shape index (κ3) is 3.35. The minimum Gasteiger partial charge on any atom is -0.468 e. The van der Waals surface area contributed by atoms with Gasteiger partial charge >= 0.3 is 0 Å². The van der Waals surface area contributed by atoms with Gasteiger partial charge in [0.25, 0.3) is 0 Å². The molecule has 1 fully saturated rings. The van der Waals surface area contributed by atoms with Crippen molar-refractivity contribution in [1.29, 1.82) is 0 Å². The fourth-order valence-electron chi connectivity index (χ4n) is 2.19. The van der Waals surface area contributed by atoms with Crippen molar-refractivity contribution in [1.82, 2.24) is 5.32 Å². The molecule has 1 aromatic rings. The van der Waals surface area contributed by atoms with Gasteiger partial charge in [0.05, 0.1) is 25.0 Å². The average Bonchev–Trinajstić information content (AvgIpc) is 2.96. The van der Waals surface area contributed by atoms with E-state index in [1.54, 1.807) is 6.26 Å². The van der Waals surface area contributed by atoms with Crippen LogP contribution in [0.15, 0.2) is 22.8 Å². The summed E-state index contributed by atoms with van der Waals surface area (Å²) in [4.78, 5) is 0. The summed E-state index contributed by atoms with van der Waals surface area (Å²) in [7, 11) is 0. The Morgan fingerprint density at radius 2 is 2.31 bits per heavy atom. The fourth-order valence-corrected chi connectivity index (χ4v) is 2.19. The smallest absolute Gasteiger partial charge is 0.120 e. The first kappa shape index (κ1) is 11.7. The minimum absolute atomic E-state index is 0.266. The van der Waals surface area contributed by atoms with Gasteiger partial charge in [-0.2, -0.15) is 0 Å². The van der Waals surface area contributed by atoms with Crippen molar-refractivity contribution in [2.75, 3.05) is 13.2 Å². The highest BCUT2D eigenvalue weighted by atomic mass is 16.5. The first-order chi connectivity index (χ1) is 7.86. The van der Waals surface area contributed by atoms with E-state index in [0.717, 1.165) is 18.9 Å². The molecule has 1 N–H and O–H groups in total. The van der Waals surface area contributed by atoms with Gasteiger partial charge in [-0.05, 0) is 31.9 Å². The maximum atomic E-state index is 5.78. The van der Waals surface area contributed by atoms with Crippen LogP contribution in [-0.2, 0) is 4.74 Å². The Morgan fingerprint density at radius 3 is 3.00 bits per heavy atom. The third-order valence-electron chi connectivity index (χ3n) is 3.18. The van der Waals surface area contributed by atoms with Gasteiger partial charge in [0.1, 0.15) is 5.76 Å². The Balaban J connectivity index is 1.57. The van der Waals surface area contributed by atoms with Crippen LogP contribution >= 0.6 is 0 Å². The molecular formula is C13H21NO2. The lowest BCUT2D eigenvalue weighted by molar-refractivity contribution is 0.0590. The number of hydrogen-bond acceptors (Lipinski definition) is 3. The van der Waals surface area contributed by atoms with Crippen molar-refractivity contribution in [3.8, 4) is 0 Å². The molecule has 0 radical (unpaired) electrons. The van der Waals surface area contributed by atoms with E-state index in [2.05, 4.69) is 12.2 Å². The number of nitrogens with one attached hydrogen (secondary N) is 1. The zero-order valence-corrected chi connectivity index (χ0v) is 9.95. The maximum Gasteiger partial charge on any atom is 0.120 e. The normalized spacial score (nSPS) is 19.1. The summed E-state index contributed by atoms with van der Waals surface area (Å²) in [6.07, 6.45) is 7.38. The highest BCUT2D eigenvalue weighted by Crippen LogP contribution is 2.20. The summed E-state index contributed by atoms with van der Waals surface area (Å²) >= 11 is 0. The Hall–Kier alpha value is -0.800. The third-order valence-corrected chi connectivity index (χ3v) is 3.18. The Labute approximate surface area is 97.2 Å². The van der Waals surface area contributed by atoms with E-state index in [4.69, 9.17) is 9.15 Å². The van der Waals surface area contributed by atoms with Gasteiger partial charge in [-0.15, -0.1) is 0 Å². The average molecular weight is 223 g/mol. The topological polar surface area (TPSA) is 34.4 Å². The molecule has 0 saturated heterocycles. The second kappa shape index (κ2) is 6.06. The Kier molecular flexibility index (Phi) is 4.43. The Morgan fingerprint density at radius 1 is 1.50 bits per heavy atom. The highest BCUT2D eigenvalue weighted by molar-refractivity contribution is 5.02. The first-order valence-corrected chi connectivity index (χ1v) is 6.24. The van der Waals surface area contributed by atoms with Gasteiger partial charge in [0, 0.05) is 6.54 Å². The molecule has 1 saturated carbocycles. The molecule has 1 atom stereocenters. The van der Waals surface area contributed by atoms with Crippen LogP contribution in [0.5, 0.6) is 0 Å². The monoisotopic (exact) mass is 223 g/mol. The lowest BCUT2D eigenvalue weighted by Crippen LogP contribution is -2.24.